The van der Waals surface area contributed by atoms with Crippen LogP contribution in [0.15, 0.2) is 48.5 Å². The van der Waals surface area contributed by atoms with Crippen LogP contribution in [0.3, 0.4) is 0 Å². The molecule has 2 amide bonds. The summed E-state index contributed by atoms with van der Waals surface area (Å²) in [7, 11) is 91.5. The van der Waals surface area contributed by atoms with Crippen LogP contribution in [-0.4, -0.2) is 266 Å². The maximum atomic E-state index is 13.0. The third-order valence-corrected chi connectivity index (χ3v) is 20.7. The Bertz CT molecular complexity index is 2250. The second kappa shape index (κ2) is 33.7. The lowest BCUT2D eigenvalue weighted by Gasteiger charge is -2.61. The van der Waals surface area contributed by atoms with Gasteiger partial charge in [-0.1, -0.05) is 45.0 Å². The summed E-state index contributed by atoms with van der Waals surface area (Å²) in [6.07, 6.45) is 3.12. The first-order valence-corrected chi connectivity index (χ1v) is 30.5. The summed E-state index contributed by atoms with van der Waals surface area (Å²) in [5.41, 5.74) is 3.64. The van der Waals surface area contributed by atoms with Crippen molar-refractivity contribution < 1.29 is 24.7 Å². The monoisotopic (exact) mass is 1060 g/mol. The van der Waals surface area contributed by atoms with E-state index in [4.69, 9.17) is 116 Å². The average molecular weight is 1060 g/mol. The van der Waals surface area contributed by atoms with Crippen LogP contribution in [-0.2, 0) is 16.1 Å². The molecule has 0 bridgehead atoms. The standard InChI is InChI=1S/C44H67BN4O5.B29/c1-29(36-19-20-37-35-18-13-31-27-34(50)22-24-43(31,2)38(35)23-25-44(36,37)3)12-21-41(51)47-26-8-7-11-40(46-4)42(52)49-33-16-14-32(15-17-33)48-28-30-9-5-6-10-39(30)45(53)54;1-16-24(17(2)3)28(25(18(4)5)19(6)7)29(26(20(8)9)21(10)11)27(22(12)13)23(14)15/h5-6,9-10,14-17,29,31,34-38,40,46,48,50,53-54H,7-8,11-13,18-28H2,1-4H3,(H,47,51)(H,49,52);/t29?,31-,34-,35?,36?,37?,38?,40?,43+,44-;/m0./s1. The highest BCUT2D eigenvalue weighted by molar-refractivity contribution is 8.26. The molecule has 6 unspecified atom stereocenters. The molecule has 4 fully saturated rings. The minimum absolute atomic E-state index is 0.0830. The van der Waals surface area contributed by atoms with Crippen molar-refractivity contribution in [1.82, 2.24) is 10.6 Å². The van der Waals surface area contributed by atoms with Gasteiger partial charge in [-0.25, -0.2) is 0 Å². The van der Waals surface area contributed by atoms with E-state index in [1.165, 1.54) is 52.0 Å². The Labute approximate surface area is 527 Å². The van der Waals surface area contributed by atoms with Crippen LogP contribution in [0.4, 0.5) is 11.4 Å². The Kier molecular flexibility index (Phi) is 29.5. The number of carbonyl (C=O) groups is 2. The van der Waals surface area contributed by atoms with Gasteiger partial charge in [-0.2, -0.15) is 0 Å². The first-order chi connectivity index (χ1) is 39.1. The molecule has 0 spiro atoms. The van der Waals surface area contributed by atoms with Crippen LogP contribution in [0.5, 0.6) is 0 Å². The highest BCUT2D eigenvalue weighted by atomic mass is 16.4. The predicted molar refractivity (Wildman–Crippen MR) is 385 cm³/mol. The van der Waals surface area contributed by atoms with Crippen molar-refractivity contribution in [2.24, 2.45) is 46.3 Å². The van der Waals surface area contributed by atoms with Gasteiger partial charge in [0.05, 0.1) is 12.1 Å². The molecule has 10 atom stereocenters. The Morgan fingerprint density at radius 3 is 1.77 bits per heavy atom. The molecule has 83 heavy (non-hydrogen) atoms. The van der Waals surface area contributed by atoms with E-state index >= 15 is 0 Å². The van der Waals surface area contributed by atoms with Crippen molar-refractivity contribution >= 4 is 242 Å². The van der Waals surface area contributed by atoms with E-state index in [0.29, 0.717) is 65.7 Å². The molecule has 6 rings (SSSR count). The molecule has 39 heteroatoms. The topological polar surface area (TPSA) is 143 Å². The molecule has 4 aliphatic rings. The smallest absolute Gasteiger partial charge is 0.423 e. The lowest BCUT2D eigenvalue weighted by atomic mass is 8.32. The summed E-state index contributed by atoms with van der Waals surface area (Å²) < 4.78 is 0. The third kappa shape index (κ3) is 18.8. The van der Waals surface area contributed by atoms with E-state index in [1.807, 2.05) is 36.4 Å². The summed E-state index contributed by atoms with van der Waals surface area (Å²) in [6.45, 7) is 8.65. The molecule has 2 aromatic carbocycles. The van der Waals surface area contributed by atoms with Gasteiger partial charge in [-0.3, -0.25) is 9.59 Å². The fourth-order valence-electron chi connectivity index (χ4n) is 16.4. The van der Waals surface area contributed by atoms with Gasteiger partial charge >= 0.3 is 7.12 Å². The second-order valence-corrected chi connectivity index (χ2v) is 25.7. The molecule has 2 aromatic rings. The number of aliphatic hydroxyl groups is 1. The van der Waals surface area contributed by atoms with Crippen molar-refractivity contribution in [1.29, 1.82) is 0 Å². The first-order valence-electron chi connectivity index (χ1n) is 30.5. The number of anilines is 2. The van der Waals surface area contributed by atoms with Gasteiger partial charge in [0.2, 0.25) is 11.8 Å². The van der Waals surface area contributed by atoms with Crippen LogP contribution in [0.1, 0.15) is 116 Å². The number of benzene rings is 2. The molecule has 0 aromatic heterocycles. The number of hydrogen-bond acceptors (Lipinski definition) is 7. The number of carbonyl (C=O) groups excluding carboxylic acids is 2. The summed E-state index contributed by atoms with van der Waals surface area (Å²) in [5, 5.41) is 42.2. The normalized spacial score (nSPS) is 23.7. The van der Waals surface area contributed by atoms with Gasteiger partial charge in [0.25, 0.3) is 0 Å². The number of likely N-dealkylation sites (N-methyl/N-ethyl adjacent to an activating group) is 1. The zero-order valence-corrected chi connectivity index (χ0v) is 50.0. The third-order valence-electron chi connectivity index (χ3n) is 20.7. The summed E-state index contributed by atoms with van der Waals surface area (Å²) in [6, 6.07) is 14.3. The predicted octanol–water partition coefficient (Wildman–Crippen LogP) is -4.82. The van der Waals surface area contributed by atoms with Gasteiger partial charge in [-0.05, 0) is 172 Å². The van der Waals surface area contributed by atoms with Crippen LogP contribution in [0.25, 0.3) is 0 Å². The van der Waals surface area contributed by atoms with E-state index in [1.54, 1.807) is 19.2 Å². The van der Waals surface area contributed by atoms with Crippen molar-refractivity contribution in [3.05, 3.63) is 54.1 Å². The molecule has 31 radical (unpaired) electrons. The number of aliphatic hydroxyl groups excluding tert-OH is 1. The van der Waals surface area contributed by atoms with E-state index in [-0.39, 0.29) is 24.0 Å². The minimum Gasteiger partial charge on any atom is -0.423 e. The first kappa shape index (κ1) is 72.7. The highest BCUT2D eigenvalue weighted by Crippen LogP contribution is 2.68. The largest absolute Gasteiger partial charge is 0.488 e. The zero-order chi connectivity index (χ0) is 61.7. The van der Waals surface area contributed by atoms with E-state index < -0.39 is 90.1 Å². The molecule has 0 aliphatic heterocycles. The average Bonchev–Trinajstić information content (AvgIpc) is 2.05. The van der Waals surface area contributed by atoms with Crippen molar-refractivity contribution in [3.8, 4) is 0 Å². The number of unbranched alkanes of at least 4 members (excludes halogenated alkanes) is 1. The SMILES string of the molecule is CNC(CCCCNC(=O)CCC(C)C1CCC2C3CC[C@H]4C[C@@H](O)CC[C@@]4(C)C3CC[C@@]12C)C(=O)Nc1ccc(NCc2ccccc2B(O)O)cc1.[B][B]B(B([B])[B])B(B(B([B])[B])B([B])[B])B(B(B([B])[B])B([B])[B])B(B([B])[B])B([B])[B]. The quantitative estimate of drug-likeness (QED) is 0.0321. The molecule has 9 nitrogen and oxygen atoms in total. The van der Waals surface area contributed by atoms with Gasteiger partial charge in [0, 0.05) is 237 Å². The fourth-order valence-corrected chi connectivity index (χ4v) is 16.4. The number of amides is 2. The Morgan fingerprint density at radius 1 is 0.663 bits per heavy atom. The van der Waals surface area contributed by atoms with Crippen molar-refractivity contribution in [2.75, 3.05) is 24.2 Å². The summed E-state index contributed by atoms with van der Waals surface area (Å²) in [5.74, 6) is 4.49. The fraction of sp³-hybridized carbons (Fsp3) is 0.682. The molecular formula is C44H67B30N4O5. The molecule has 4 saturated carbocycles. The second-order valence-electron chi connectivity index (χ2n) is 25.7. The van der Waals surface area contributed by atoms with Crippen LogP contribution >= 0.6 is 0 Å². The zero-order valence-electron chi connectivity index (χ0n) is 50.0. The summed E-state index contributed by atoms with van der Waals surface area (Å²) >= 11 is 0. The molecule has 383 valence electrons. The lowest BCUT2D eigenvalue weighted by molar-refractivity contribution is -0.129. The molecule has 0 saturated heterocycles. The van der Waals surface area contributed by atoms with Gasteiger partial charge in [-0.15, -0.1) is 0 Å². The number of hydrogen-bond donors (Lipinski definition) is 7. The van der Waals surface area contributed by atoms with Crippen molar-refractivity contribution in [3.63, 3.8) is 0 Å². The molecule has 7 N–H and O–H groups in total. The molecule has 0 heterocycles. The van der Waals surface area contributed by atoms with Crippen LogP contribution in [0, 0.1) is 46.3 Å². The van der Waals surface area contributed by atoms with Gasteiger partial charge in [0.1, 0.15) is 0 Å². The Balaban J connectivity index is 0.000000370. The minimum atomic E-state index is -1.52. The molecular weight excluding hydrogens is 989 g/mol. The number of rotatable bonds is 29. The maximum Gasteiger partial charge on any atom is 0.488 e. The maximum absolute atomic E-state index is 13.0. The Morgan fingerprint density at radius 2 is 1.22 bits per heavy atom. The van der Waals surface area contributed by atoms with E-state index in [2.05, 4.69) is 42.0 Å². The van der Waals surface area contributed by atoms with Gasteiger partial charge < -0.3 is 36.4 Å². The molecule has 4 aliphatic carbocycles. The highest BCUT2D eigenvalue weighted by Gasteiger charge is 2.61. The van der Waals surface area contributed by atoms with E-state index in [9.17, 15) is 24.7 Å². The van der Waals surface area contributed by atoms with Crippen LogP contribution in [0.2, 0.25) is 0 Å². The van der Waals surface area contributed by atoms with Gasteiger partial charge in [0.15, 0.2) is 0 Å². The lowest BCUT2D eigenvalue weighted by Crippen LogP contribution is -2.87. The summed E-state index contributed by atoms with van der Waals surface area (Å²) in [4.78, 5) is 25.9. The number of fused-ring (bicyclic) bond motifs is 5. The Hall–Kier alpha value is -1.03. The number of nitrogens with one attached hydrogen (secondary N) is 4. The van der Waals surface area contributed by atoms with Crippen molar-refractivity contribution in [2.45, 2.75) is 129 Å². The van der Waals surface area contributed by atoms with E-state index in [0.717, 1.165) is 61.1 Å². The van der Waals surface area contributed by atoms with Crippen LogP contribution < -0.4 is 26.7 Å².